The number of hydrogen-bond donors (Lipinski definition) is 0. The number of sulfone groups is 1. The smallest absolute Gasteiger partial charge is 0.272 e. The summed E-state index contributed by atoms with van der Waals surface area (Å²) in [5.41, 5.74) is 1.53. The molecule has 0 bridgehead atoms. The van der Waals surface area contributed by atoms with E-state index in [-0.39, 0.29) is 16.9 Å². The number of likely N-dealkylation sites (tertiary alicyclic amines) is 1. The normalized spacial score (nSPS) is 14.9. The van der Waals surface area contributed by atoms with Gasteiger partial charge in [0, 0.05) is 43.4 Å². The molecule has 4 heterocycles. The highest BCUT2D eigenvalue weighted by molar-refractivity contribution is 7.90. The van der Waals surface area contributed by atoms with E-state index in [9.17, 15) is 13.2 Å². The zero-order chi connectivity index (χ0) is 24.6. The van der Waals surface area contributed by atoms with Gasteiger partial charge in [-0.25, -0.2) is 23.1 Å². The lowest BCUT2D eigenvalue weighted by Gasteiger charge is -2.31. The Morgan fingerprint density at radius 2 is 1.83 bits per heavy atom. The van der Waals surface area contributed by atoms with Gasteiger partial charge in [-0.2, -0.15) is 5.10 Å². The minimum Gasteiger partial charge on any atom is -0.474 e. The molecule has 0 unspecified atom stereocenters. The minimum atomic E-state index is -3.29. The number of fused-ring (bicyclic) bond motifs is 1. The van der Waals surface area contributed by atoms with Crippen molar-refractivity contribution in [3.05, 3.63) is 65.8 Å². The molecule has 0 spiro atoms. The Morgan fingerprint density at radius 1 is 1.09 bits per heavy atom. The molecule has 1 fully saturated rings. The lowest BCUT2D eigenvalue weighted by atomic mass is 10.1. The summed E-state index contributed by atoms with van der Waals surface area (Å²) in [5.74, 6) is 0.258. The van der Waals surface area contributed by atoms with E-state index in [0.717, 1.165) is 6.26 Å². The molecule has 1 aliphatic rings. The second kappa shape index (κ2) is 9.23. The van der Waals surface area contributed by atoms with Crippen molar-refractivity contribution in [1.29, 1.82) is 0 Å². The molecule has 1 saturated heterocycles. The second-order valence-electron chi connectivity index (χ2n) is 8.21. The molecule has 1 aliphatic heterocycles. The van der Waals surface area contributed by atoms with Gasteiger partial charge in [0.1, 0.15) is 23.5 Å². The van der Waals surface area contributed by atoms with Crippen molar-refractivity contribution < 1.29 is 17.9 Å². The van der Waals surface area contributed by atoms with Gasteiger partial charge in [0.15, 0.2) is 15.5 Å². The fraction of sp³-hybridized carbons (Fsp3) is 0.261. The van der Waals surface area contributed by atoms with Crippen LogP contribution in [-0.4, -0.2) is 69.4 Å². The Hall–Kier alpha value is -3.57. The molecule has 0 saturated carbocycles. The van der Waals surface area contributed by atoms with E-state index < -0.39 is 9.84 Å². The van der Waals surface area contributed by atoms with Crippen LogP contribution in [0.25, 0.3) is 16.7 Å². The largest absolute Gasteiger partial charge is 0.474 e. The monoisotopic (exact) mass is 512 g/mol. The maximum Gasteiger partial charge on any atom is 0.272 e. The molecule has 0 N–H and O–H groups in total. The quantitative estimate of drug-likeness (QED) is 0.400. The Labute approximate surface area is 206 Å². The summed E-state index contributed by atoms with van der Waals surface area (Å²) in [6.45, 7) is 1.05. The molecule has 1 aromatic carbocycles. The molecule has 1 amide bonds. The summed E-state index contributed by atoms with van der Waals surface area (Å²) in [7, 11) is -3.29. The van der Waals surface area contributed by atoms with Crippen molar-refractivity contribution in [2.75, 3.05) is 19.3 Å². The first kappa shape index (κ1) is 23.2. The lowest BCUT2D eigenvalue weighted by molar-refractivity contribution is 0.0585. The van der Waals surface area contributed by atoms with Gasteiger partial charge in [0.05, 0.1) is 16.8 Å². The molecule has 180 valence electrons. The number of amides is 1. The minimum absolute atomic E-state index is 0.123. The third-order valence-electron chi connectivity index (χ3n) is 5.79. The molecule has 10 nitrogen and oxygen atoms in total. The number of ether oxygens (including phenoxy) is 1. The lowest BCUT2D eigenvalue weighted by Crippen LogP contribution is -2.42. The summed E-state index contributed by atoms with van der Waals surface area (Å²) < 4.78 is 31.2. The molecule has 0 radical (unpaired) electrons. The molecular weight excluding hydrogens is 492 g/mol. The van der Waals surface area contributed by atoms with Crippen molar-refractivity contribution in [1.82, 2.24) is 29.6 Å². The van der Waals surface area contributed by atoms with E-state index in [4.69, 9.17) is 16.3 Å². The Kier molecular flexibility index (Phi) is 6.12. The molecule has 4 aromatic rings. The molecule has 5 rings (SSSR count). The third kappa shape index (κ3) is 4.82. The van der Waals surface area contributed by atoms with Gasteiger partial charge < -0.3 is 9.64 Å². The standard InChI is InChI=1S/C23H21ClN6O4S/c1-35(32,33)18-4-2-16(3-5-18)30-21-19(13-28-30)22(27-14-26-21)34-17-7-10-29(11-8-17)23(31)20-12-15(24)6-9-25-20/h2-6,9,12-14,17H,7-8,10-11H2,1H3. The van der Waals surface area contributed by atoms with E-state index in [1.165, 1.54) is 24.7 Å². The topological polar surface area (TPSA) is 120 Å². The SMILES string of the molecule is CS(=O)(=O)c1ccc(-n2ncc3c(OC4CCN(C(=O)c5cc(Cl)ccn5)CC4)ncnc32)cc1. The van der Waals surface area contributed by atoms with E-state index >= 15 is 0 Å². The van der Waals surface area contributed by atoms with Crippen LogP contribution in [0.2, 0.25) is 5.02 Å². The number of hydrogen-bond acceptors (Lipinski definition) is 8. The van der Waals surface area contributed by atoms with E-state index in [0.29, 0.717) is 59.2 Å². The van der Waals surface area contributed by atoms with Gasteiger partial charge in [-0.15, -0.1) is 0 Å². The number of piperidine rings is 1. The fourth-order valence-electron chi connectivity index (χ4n) is 3.96. The van der Waals surface area contributed by atoms with Gasteiger partial charge in [-0.3, -0.25) is 9.78 Å². The molecule has 0 aliphatic carbocycles. The van der Waals surface area contributed by atoms with Crippen LogP contribution in [-0.2, 0) is 9.84 Å². The second-order valence-corrected chi connectivity index (χ2v) is 10.7. The number of aromatic nitrogens is 5. The zero-order valence-electron chi connectivity index (χ0n) is 18.7. The third-order valence-corrected chi connectivity index (χ3v) is 7.15. The Morgan fingerprint density at radius 3 is 2.51 bits per heavy atom. The summed E-state index contributed by atoms with van der Waals surface area (Å²) in [6, 6.07) is 9.61. The first-order valence-corrected chi connectivity index (χ1v) is 13.1. The number of benzene rings is 1. The number of carbonyl (C=O) groups excluding carboxylic acids is 1. The van der Waals surface area contributed by atoms with Crippen molar-refractivity contribution in [3.63, 3.8) is 0 Å². The number of rotatable bonds is 5. The van der Waals surface area contributed by atoms with E-state index in [2.05, 4.69) is 20.1 Å². The summed E-state index contributed by atoms with van der Waals surface area (Å²) in [6.07, 6.45) is 6.87. The van der Waals surface area contributed by atoms with Gasteiger partial charge in [-0.05, 0) is 36.4 Å². The highest BCUT2D eigenvalue weighted by atomic mass is 35.5. The van der Waals surface area contributed by atoms with Crippen LogP contribution in [0.4, 0.5) is 0 Å². The molecule has 12 heteroatoms. The summed E-state index contributed by atoms with van der Waals surface area (Å²) in [5, 5.41) is 5.51. The van der Waals surface area contributed by atoms with Gasteiger partial charge in [0.25, 0.3) is 5.91 Å². The van der Waals surface area contributed by atoms with Crippen LogP contribution in [0.3, 0.4) is 0 Å². The number of nitrogens with zero attached hydrogens (tertiary/aromatic N) is 6. The van der Waals surface area contributed by atoms with Crippen LogP contribution >= 0.6 is 11.6 Å². The first-order chi connectivity index (χ1) is 16.8. The zero-order valence-corrected chi connectivity index (χ0v) is 20.3. The average Bonchev–Trinajstić information content (AvgIpc) is 3.29. The van der Waals surface area contributed by atoms with Crippen molar-refractivity contribution in [2.24, 2.45) is 0 Å². The van der Waals surface area contributed by atoms with Crippen LogP contribution in [0.15, 0.2) is 60.0 Å². The number of carbonyl (C=O) groups is 1. The van der Waals surface area contributed by atoms with E-state index in [1.807, 2.05) is 0 Å². The van der Waals surface area contributed by atoms with Crippen LogP contribution in [0.5, 0.6) is 5.88 Å². The number of pyridine rings is 1. The van der Waals surface area contributed by atoms with Gasteiger partial charge >= 0.3 is 0 Å². The van der Waals surface area contributed by atoms with Crippen LogP contribution in [0.1, 0.15) is 23.3 Å². The summed E-state index contributed by atoms with van der Waals surface area (Å²) >= 11 is 5.98. The van der Waals surface area contributed by atoms with Crippen LogP contribution in [0, 0.1) is 0 Å². The molecule has 0 atom stereocenters. The van der Waals surface area contributed by atoms with Crippen molar-refractivity contribution in [3.8, 4) is 11.6 Å². The van der Waals surface area contributed by atoms with Crippen LogP contribution < -0.4 is 4.74 Å². The van der Waals surface area contributed by atoms with Gasteiger partial charge in [-0.1, -0.05) is 11.6 Å². The first-order valence-electron chi connectivity index (χ1n) is 10.9. The van der Waals surface area contributed by atoms with Crippen molar-refractivity contribution >= 4 is 38.4 Å². The van der Waals surface area contributed by atoms with Gasteiger partial charge in [0.2, 0.25) is 5.88 Å². The fourth-order valence-corrected chi connectivity index (χ4v) is 4.75. The highest BCUT2D eigenvalue weighted by Crippen LogP contribution is 2.27. The number of halogens is 1. The Bertz CT molecular complexity index is 1500. The maximum absolute atomic E-state index is 12.7. The predicted octanol–water partition coefficient (Wildman–Crippen LogP) is 2.95. The maximum atomic E-state index is 12.7. The summed E-state index contributed by atoms with van der Waals surface area (Å²) in [4.78, 5) is 27.4. The predicted molar refractivity (Wildman–Crippen MR) is 129 cm³/mol. The van der Waals surface area contributed by atoms with Crippen molar-refractivity contribution in [2.45, 2.75) is 23.8 Å². The molecular formula is C23H21ClN6O4S. The molecule has 3 aromatic heterocycles. The molecule has 35 heavy (non-hydrogen) atoms. The highest BCUT2D eigenvalue weighted by Gasteiger charge is 2.26. The average molecular weight is 513 g/mol. The Balaban J connectivity index is 1.29. The van der Waals surface area contributed by atoms with E-state index in [1.54, 1.807) is 40.0 Å².